The van der Waals surface area contributed by atoms with Gasteiger partial charge in [-0.2, -0.15) is 0 Å². The van der Waals surface area contributed by atoms with Crippen molar-refractivity contribution >= 4 is 0 Å². The first-order chi connectivity index (χ1) is 6.57. The van der Waals surface area contributed by atoms with Crippen LogP contribution < -0.4 is 5.32 Å². The highest BCUT2D eigenvalue weighted by atomic mass is 15.4. The highest BCUT2D eigenvalue weighted by Crippen LogP contribution is 2.23. The first-order valence-electron chi connectivity index (χ1n) is 5.77. The van der Waals surface area contributed by atoms with Crippen LogP contribution in [0.5, 0.6) is 0 Å². The lowest BCUT2D eigenvalue weighted by Gasteiger charge is -2.48. The van der Waals surface area contributed by atoms with Gasteiger partial charge >= 0.3 is 0 Å². The minimum atomic E-state index is 0.322. The van der Waals surface area contributed by atoms with Gasteiger partial charge in [0.05, 0.1) is 6.67 Å². The number of fused-ring (bicyclic) bond motifs is 1. The van der Waals surface area contributed by atoms with Gasteiger partial charge in [-0.15, -0.1) is 0 Å². The molecule has 2 fully saturated rings. The molecule has 0 amide bonds. The van der Waals surface area contributed by atoms with E-state index in [1.165, 1.54) is 25.9 Å². The second-order valence-corrected chi connectivity index (χ2v) is 5.55. The Labute approximate surface area is 87.4 Å². The van der Waals surface area contributed by atoms with Crippen LogP contribution in [0.4, 0.5) is 0 Å². The Morgan fingerprint density at radius 1 is 1.21 bits per heavy atom. The van der Waals surface area contributed by atoms with Crippen molar-refractivity contribution in [2.45, 2.75) is 45.2 Å². The Bertz CT molecular complexity index is 197. The van der Waals surface area contributed by atoms with Crippen LogP contribution in [-0.4, -0.2) is 47.8 Å². The van der Waals surface area contributed by atoms with Crippen LogP contribution in [0, 0.1) is 0 Å². The monoisotopic (exact) mass is 197 g/mol. The number of rotatable bonds is 0. The zero-order valence-corrected chi connectivity index (χ0v) is 9.71. The summed E-state index contributed by atoms with van der Waals surface area (Å²) in [5, 5.41) is 3.46. The molecule has 82 valence electrons. The summed E-state index contributed by atoms with van der Waals surface area (Å²) < 4.78 is 0. The standard InChI is InChI=1S/C11H23N3/c1-11(2,3)14-7-5-10-4-6-12-8-13(10)9-14/h10,12H,4-9H2,1-3H3. The van der Waals surface area contributed by atoms with E-state index in [0.29, 0.717) is 5.54 Å². The van der Waals surface area contributed by atoms with E-state index in [2.05, 4.69) is 35.9 Å². The molecule has 3 heteroatoms. The van der Waals surface area contributed by atoms with E-state index in [4.69, 9.17) is 0 Å². The van der Waals surface area contributed by atoms with E-state index in [1.807, 2.05) is 0 Å². The van der Waals surface area contributed by atoms with Crippen molar-refractivity contribution < 1.29 is 0 Å². The second-order valence-electron chi connectivity index (χ2n) is 5.55. The first kappa shape index (κ1) is 10.4. The summed E-state index contributed by atoms with van der Waals surface area (Å²) in [5.41, 5.74) is 0.322. The van der Waals surface area contributed by atoms with Gasteiger partial charge in [-0.3, -0.25) is 9.80 Å². The van der Waals surface area contributed by atoms with Gasteiger partial charge in [-0.25, -0.2) is 0 Å². The predicted octanol–water partition coefficient (Wildman–Crippen LogP) is 1.07. The van der Waals surface area contributed by atoms with E-state index in [-0.39, 0.29) is 0 Å². The molecule has 2 saturated heterocycles. The molecule has 0 saturated carbocycles. The largest absolute Gasteiger partial charge is 0.304 e. The Hall–Kier alpha value is -0.120. The van der Waals surface area contributed by atoms with Crippen molar-refractivity contribution in [1.82, 2.24) is 15.1 Å². The SMILES string of the molecule is CC(C)(C)N1CCC2CCNCN2C1. The third kappa shape index (κ3) is 2.10. The highest BCUT2D eigenvalue weighted by molar-refractivity contribution is 4.86. The fraction of sp³-hybridized carbons (Fsp3) is 1.00. The van der Waals surface area contributed by atoms with Crippen molar-refractivity contribution in [2.75, 3.05) is 26.4 Å². The van der Waals surface area contributed by atoms with Crippen LogP contribution in [0.25, 0.3) is 0 Å². The maximum absolute atomic E-state index is 3.46. The Morgan fingerprint density at radius 2 is 2.00 bits per heavy atom. The molecule has 1 N–H and O–H groups in total. The normalized spacial score (nSPS) is 31.5. The van der Waals surface area contributed by atoms with Crippen molar-refractivity contribution in [3.05, 3.63) is 0 Å². The molecule has 0 spiro atoms. The zero-order chi connectivity index (χ0) is 10.2. The second kappa shape index (κ2) is 3.80. The molecule has 2 aliphatic rings. The Balaban J connectivity index is 1.96. The third-order valence-corrected chi connectivity index (χ3v) is 3.52. The predicted molar refractivity (Wildman–Crippen MR) is 59.1 cm³/mol. The lowest BCUT2D eigenvalue weighted by Crippen LogP contribution is -2.60. The van der Waals surface area contributed by atoms with E-state index in [1.54, 1.807) is 0 Å². The van der Waals surface area contributed by atoms with Gasteiger partial charge in [-0.05, 0) is 40.2 Å². The number of hydrogen-bond acceptors (Lipinski definition) is 3. The summed E-state index contributed by atoms with van der Waals surface area (Å²) in [4.78, 5) is 5.16. The Kier molecular flexibility index (Phi) is 2.82. The average molecular weight is 197 g/mol. The van der Waals surface area contributed by atoms with Crippen LogP contribution >= 0.6 is 0 Å². The van der Waals surface area contributed by atoms with Crippen LogP contribution in [0.2, 0.25) is 0 Å². The first-order valence-corrected chi connectivity index (χ1v) is 5.77. The van der Waals surface area contributed by atoms with Gasteiger partial charge in [0, 0.05) is 24.8 Å². The molecule has 1 atom stereocenters. The van der Waals surface area contributed by atoms with Gasteiger partial charge in [0.15, 0.2) is 0 Å². The van der Waals surface area contributed by atoms with Crippen LogP contribution in [0.3, 0.4) is 0 Å². The molecule has 3 nitrogen and oxygen atoms in total. The van der Waals surface area contributed by atoms with Crippen molar-refractivity contribution in [1.29, 1.82) is 0 Å². The lowest BCUT2D eigenvalue weighted by atomic mass is 9.99. The molecule has 0 aromatic heterocycles. The minimum Gasteiger partial charge on any atom is -0.304 e. The third-order valence-electron chi connectivity index (χ3n) is 3.52. The summed E-state index contributed by atoms with van der Waals surface area (Å²) in [6.45, 7) is 11.6. The van der Waals surface area contributed by atoms with Gasteiger partial charge < -0.3 is 5.32 Å². The molecule has 0 bridgehead atoms. The van der Waals surface area contributed by atoms with E-state index >= 15 is 0 Å². The fourth-order valence-electron chi connectivity index (χ4n) is 2.44. The molecule has 2 rings (SSSR count). The molecule has 1 unspecified atom stereocenters. The maximum Gasteiger partial charge on any atom is 0.0525 e. The average Bonchev–Trinajstić information content (AvgIpc) is 2.16. The molecule has 2 heterocycles. The summed E-state index contributed by atoms with van der Waals surface area (Å²) in [7, 11) is 0. The van der Waals surface area contributed by atoms with Crippen LogP contribution in [0.15, 0.2) is 0 Å². The number of nitrogens with zero attached hydrogens (tertiary/aromatic N) is 2. The molecule has 14 heavy (non-hydrogen) atoms. The van der Waals surface area contributed by atoms with Crippen LogP contribution in [-0.2, 0) is 0 Å². The Morgan fingerprint density at radius 3 is 2.71 bits per heavy atom. The molecule has 0 aliphatic carbocycles. The quantitative estimate of drug-likeness (QED) is 0.626. The van der Waals surface area contributed by atoms with Crippen LogP contribution in [0.1, 0.15) is 33.6 Å². The zero-order valence-electron chi connectivity index (χ0n) is 9.71. The molecular formula is C11H23N3. The van der Waals surface area contributed by atoms with E-state index in [9.17, 15) is 0 Å². The van der Waals surface area contributed by atoms with Gasteiger partial charge in [0.1, 0.15) is 0 Å². The smallest absolute Gasteiger partial charge is 0.0525 e. The summed E-state index contributed by atoms with van der Waals surface area (Å²) in [6, 6.07) is 0.842. The van der Waals surface area contributed by atoms with Crippen molar-refractivity contribution in [3.63, 3.8) is 0 Å². The summed E-state index contributed by atoms with van der Waals surface area (Å²) in [5.74, 6) is 0. The molecule has 0 aromatic carbocycles. The van der Waals surface area contributed by atoms with Crippen molar-refractivity contribution in [2.24, 2.45) is 0 Å². The molecule has 0 radical (unpaired) electrons. The number of hydrogen-bond donors (Lipinski definition) is 1. The van der Waals surface area contributed by atoms with E-state index in [0.717, 1.165) is 19.4 Å². The molecule has 2 aliphatic heterocycles. The summed E-state index contributed by atoms with van der Waals surface area (Å²) >= 11 is 0. The lowest BCUT2D eigenvalue weighted by molar-refractivity contribution is -0.0291. The molecule has 0 aromatic rings. The fourth-order valence-corrected chi connectivity index (χ4v) is 2.44. The van der Waals surface area contributed by atoms with Gasteiger partial charge in [0.2, 0.25) is 0 Å². The molecular weight excluding hydrogens is 174 g/mol. The van der Waals surface area contributed by atoms with Gasteiger partial charge in [0.25, 0.3) is 0 Å². The highest BCUT2D eigenvalue weighted by Gasteiger charge is 2.32. The maximum atomic E-state index is 3.46. The summed E-state index contributed by atoms with van der Waals surface area (Å²) in [6.07, 6.45) is 2.68. The number of nitrogens with one attached hydrogen (secondary N) is 1. The topological polar surface area (TPSA) is 18.5 Å². The van der Waals surface area contributed by atoms with Crippen molar-refractivity contribution in [3.8, 4) is 0 Å². The minimum absolute atomic E-state index is 0.322. The van der Waals surface area contributed by atoms with Gasteiger partial charge in [-0.1, -0.05) is 0 Å². The van der Waals surface area contributed by atoms with E-state index < -0.39 is 0 Å².